The van der Waals surface area contributed by atoms with Gasteiger partial charge in [0.15, 0.2) is 0 Å². The van der Waals surface area contributed by atoms with Crippen LogP contribution >= 0.6 is 11.8 Å². The van der Waals surface area contributed by atoms with Crippen molar-refractivity contribution in [2.75, 3.05) is 0 Å². The van der Waals surface area contributed by atoms with Crippen molar-refractivity contribution in [2.45, 2.75) is 33.2 Å². The minimum Gasteiger partial charge on any atom is -0.204 e. The molecule has 2 nitrogen and oxygen atoms in total. The predicted molar refractivity (Wildman–Crippen MR) is 41.6 cm³/mol. The Labute approximate surface area is 61.6 Å². The lowest BCUT2D eigenvalue weighted by Gasteiger charge is -2.11. The number of halogens is 1. The average molecular weight is 149 g/mol. The maximum atomic E-state index is 5.63. The lowest BCUT2D eigenvalue weighted by atomic mass is 10.4. The summed E-state index contributed by atoms with van der Waals surface area (Å²) < 4.78 is 1.42. The van der Waals surface area contributed by atoms with Gasteiger partial charge < -0.3 is 0 Å². The summed E-state index contributed by atoms with van der Waals surface area (Å²) in [6, 6.07) is 0.273. The Morgan fingerprint density at radius 1 is 1.67 bits per heavy atom. The van der Waals surface area contributed by atoms with Gasteiger partial charge in [0, 0.05) is 18.0 Å². The first kappa shape index (κ1) is 8.76. The van der Waals surface area contributed by atoms with Crippen LogP contribution in [0.4, 0.5) is 0 Å². The smallest absolute Gasteiger partial charge is 0.0591 e. The molecule has 0 N–H and O–H groups in total. The van der Waals surface area contributed by atoms with Crippen molar-refractivity contribution in [1.29, 1.82) is 0 Å². The minimum atomic E-state index is 0.273. The molecule has 0 aliphatic rings. The molecule has 0 aliphatic carbocycles. The standard InChI is InChI=1S/C6H13ClN2/c1-4-5-8-9(7)6(2)3/h5-6H,4H2,1-3H3/b8-5-. The summed E-state index contributed by atoms with van der Waals surface area (Å²) in [5.74, 6) is 0. The summed E-state index contributed by atoms with van der Waals surface area (Å²) in [6.07, 6.45) is 2.71. The molecule has 0 aliphatic heterocycles. The fourth-order valence-electron chi connectivity index (χ4n) is 0.293. The zero-order chi connectivity index (χ0) is 7.28. The molecule has 3 heteroatoms. The molecular weight excluding hydrogens is 136 g/mol. The topological polar surface area (TPSA) is 15.6 Å². The highest BCUT2D eigenvalue weighted by Gasteiger charge is 1.97. The molecule has 0 rings (SSSR count). The van der Waals surface area contributed by atoms with Gasteiger partial charge in [0.2, 0.25) is 0 Å². The Balaban J connectivity index is 3.48. The Kier molecular flexibility index (Phi) is 4.50. The summed E-state index contributed by atoms with van der Waals surface area (Å²) in [4.78, 5) is 0. The molecule has 0 atom stereocenters. The predicted octanol–water partition coefficient (Wildman–Crippen LogP) is 2.25. The van der Waals surface area contributed by atoms with E-state index in [2.05, 4.69) is 5.10 Å². The molecule has 0 heterocycles. The Morgan fingerprint density at radius 2 is 2.22 bits per heavy atom. The number of nitrogens with zero attached hydrogens (tertiary/aromatic N) is 2. The van der Waals surface area contributed by atoms with Gasteiger partial charge in [-0.05, 0) is 20.3 Å². The molecule has 0 saturated carbocycles. The van der Waals surface area contributed by atoms with Gasteiger partial charge in [-0.15, -0.1) is 0 Å². The quantitative estimate of drug-likeness (QED) is 0.341. The Morgan fingerprint density at radius 3 is 2.56 bits per heavy atom. The summed E-state index contributed by atoms with van der Waals surface area (Å²) in [5, 5.41) is 3.92. The van der Waals surface area contributed by atoms with Crippen LogP contribution < -0.4 is 0 Å². The minimum absolute atomic E-state index is 0.273. The number of hydrazone groups is 1. The van der Waals surface area contributed by atoms with E-state index >= 15 is 0 Å². The van der Waals surface area contributed by atoms with Crippen molar-refractivity contribution in [3.05, 3.63) is 0 Å². The molecule has 0 spiro atoms. The fraction of sp³-hybridized carbons (Fsp3) is 0.833. The van der Waals surface area contributed by atoms with Crippen molar-refractivity contribution in [3.8, 4) is 0 Å². The molecule has 0 bridgehead atoms. The summed E-state index contributed by atoms with van der Waals surface area (Å²) in [6.45, 7) is 5.99. The van der Waals surface area contributed by atoms with Crippen molar-refractivity contribution >= 4 is 18.0 Å². The van der Waals surface area contributed by atoms with E-state index in [0.29, 0.717) is 0 Å². The summed E-state index contributed by atoms with van der Waals surface area (Å²) >= 11 is 5.63. The first-order valence-electron chi connectivity index (χ1n) is 3.16. The van der Waals surface area contributed by atoms with Gasteiger partial charge >= 0.3 is 0 Å². The van der Waals surface area contributed by atoms with Crippen LogP contribution in [-0.4, -0.2) is 16.8 Å². The highest BCUT2D eigenvalue weighted by molar-refractivity contribution is 6.13. The van der Waals surface area contributed by atoms with Gasteiger partial charge in [-0.3, -0.25) is 0 Å². The molecule has 0 radical (unpaired) electrons. The molecule has 0 aromatic rings. The molecular formula is C6H13ClN2. The molecule has 0 fully saturated rings. The van der Waals surface area contributed by atoms with E-state index in [0.717, 1.165) is 6.42 Å². The van der Waals surface area contributed by atoms with Crippen molar-refractivity contribution in [1.82, 2.24) is 4.53 Å². The third-order valence-electron chi connectivity index (χ3n) is 0.801. The fourth-order valence-corrected chi connectivity index (χ4v) is 0.355. The van der Waals surface area contributed by atoms with Crippen LogP contribution in [0.1, 0.15) is 27.2 Å². The molecule has 0 aromatic heterocycles. The van der Waals surface area contributed by atoms with Crippen LogP contribution in [0.5, 0.6) is 0 Å². The maximum absolute atomic E-state index is 5.63. The van der Waals surface area contributed by atoms with Crippen LogP contribution in [0.2, 0.25) is 0 Å². The zero-order valence-electron chi connectivity index (χ0n) is 6.13. The number of hydrogen-bond acceptors (Lipinski definition) is 2. The van der Waals surface area contributed by atoms with Gasteiger partial charge in [-0.25, -0.2) is 4.53 Å². The van der Waals surface area contributed by atoms with Crippen LogP contribution in [0.3, 0.4) is 0 Å². The third-order valence-corrected chi connectivity index (χ3v) is 1.28. The number of rotatable bonds is 3. The second-order valence-corrected chi connectivity index (χ2v) is 2.44. The highest BCUT2D eigenvalue weighted by atomic mass is 35.5. The molecule has 0 unspecified atom stereocenters. The van der Waals surface area contributed by atoms with E-state index in [1.165, 1.54) is 4.53 Å². The van der Waals surface area contributed by atoms with E-state index in [1.807, 2.05) is 20.8 Å². The molecule has 0 saturated heterocycles. The summed E-state index contributed by atoms with van der Waals surface area (Å²) in [5.41, 5.74) is 0. The zero-order valence-corrected chi connectivity index (χ0v) is 6.89. The lowest BCUT2D eigenvalue weighted by Crippen LogP contribution is -2.14. The second kappa shape index (κ2) is 4.62. The van der Waals surface area contributed by atoms with E-state index in [-0.39, 0.29) is 6.04 Å². The largest absolute Gasteiger partial charge is 0.204 e. The lowest BCUT2D eigenvalue weighted by molar-refractivity contribution is 0.404. The van der Waals surface area contributed by atoms with E-state index in [4.69, 9.17) is 11.8 Å². The van der Waals surface area contributed by atoms with Crippen LogP contribution in [0, 0.1) is 0 Å². The van der Waals surface area contributed by atoms with Crippen LogP contribution in [0.15, 0.2) is 5.10 Å². The maximum Gasteiger partial charge on any atom is 0.0591 e. The van der Waals surface area contributed by atoms with Crippen molar-refractivity contribution < 1.29 is 0 Å². The second-order valence-electron chi connectivity index (χ2n) is 2.09. The van der Waals surface area contributed by atoms with Crippen molar-refractivity contribution in [3.63, 3.8) is 0 Å². The first-order chi connectivity index (χ1) is 4.18. The molecule has 54 valence electrons. The van der Waals surface area contributed by atoms with Crippen LogP contribution in [-0.2, 0) is 0 Å². The monoisotopic (exact) mass is 148 g/mol. The third kappa shape index (κ3) is 4.28. The van der Waals surface area contributed by atoms with E-state index < -0.39 is 0 Å². The van der Waals surface area contributed by atoms with Gasteiger partial charge in [-0.1, -0.05) is 6.92 Å². The average Bonchev–Trinajstić information content (AvgIpc) is 1.82. The molecule has 0 aromatic carbocycles. The Bertz CT molecular complexity index is 91.1. The number of hydrogen-bond donors (Lipinski definition) is 0. The van der Waals surface area contributed by atoms with Crippen molar-refractivity contribution in [2.24, 2.45) is 5.10 Å². The van der Waals surface area contributed by atoms with E-state index in [9.17, 15) is 0 Å². The molecule has 9 heavy (non-hydrogen) atoms. The van der Waals surface area contributed by atoms with Gasteiger partial charge in [0.25, 0.3) is 0 Å². The SMILES string of the molecule is CC/C=N\N(Cl)C(C)C. The van der Waals surface area contributed by atoms with Gasteiger partial charge in [0.05, 0.1) is 6.04 Å². The summed E-state index contributed by atoms with van der Waals surface area (Å²) in [7, 11) is 0. The first-order valence-corrected chi connectivity index (χ1v) is 3.49. The van der Waals surface area contributed by atoms with Crippen LogP contribution in [0.25, 0.3) is 0 Å². The van der Waals surface area contributed by atoms with Gasteiger partial charge in [0.1, 0.15) is 0 Å². The molecule has 0 amide bonds. The normalized spacial score (nSPS) is 11.2. The van der Waals surface area contributed by atoms with E-state index in [1.54, 1.807) is 6.21 Å². The Hall–Kier alpha value is -0.240. The van der Waals surface area contributed by atoms with Gasteiger partial charge in [-0.2, -0.15) is 5.10 Å². The highest BCUT2D eigenvalue weighted by Crippen LogP contribution is 2.01.